The van der Waals surface area contributed by atoms with Crippen molar-refractivity contribution in [3.05, 3.63) is 53.9 Å². The Morgan fingerprint density at radius 2 is 2.07 bits per heavy atom. The molecule has 0 unspecified atom stereocenters. The van der Waals surface area contributed by atoms with Crippen LogP contribution in [0.3, 0.4) is 0 Å². The monoisotopic (exact) mass is 482 g/mol. The van der Waals surface area contributed by atoms with E-state index in [4.69, 9.17) is 9.47 Å². The number of aromatic nitrogens is 1. The predicted octanol–water partition coefficient (Wildman–Crippen LogP) is 3.16. The molecule has 0 amide bonds. The van der Waals surface area contributed by atoms with Crippen LogP contribution in [-0.2, 0) is 13.0 Å². The minimum absolute atomic E-state index is 0. The smallest absolute Gasteiger partial charge is 0.191 e. The normalized spacial score (nSPS) is 14.6. The zero-order valence-corrected chi connectivity index (χ0v) is 18.3. The number of rotatable bonds is 6. The van der Waals surface area contributed by atoms with Crippen LogP contribution in [0.25, 0.3) is 0 Å². The number of nitrogens with zero attached hydrogens (tertiary/aromatic N) is 2. The van der Waals surface area contributed by atoms with Crippen molar-refractivity contribution in [2.75, 3.05) is 20.2 Å². The maximum absolute atomic E-state index is 6.02. The highest BCUT2D eigenvalue weighted by Gasteiger charge is 2.32. The summed E-state index contributed by atoms with van der Waals surface area (Å²) in [6.07, 6.45) is 2.69. The second-order valence-electron chi connectivity index (χ2n) is 6.81. The zero-order chi connectivity index (χ0) is 18.4. The van der Waals surface area contributed by atoms with Crippen LogP contribution in [0.1, 0.15) is 25.1 Å². The van der Waals surface area contributed by atoms with E-state index < -0.39 is 0 Å². The maximum Gasteiger partial charge on any atom is 0.191 e. The van der Waals surface area contributed by atoms with Crippen molar-refractivity contribution in [3.8, 4) is 11.5 Å². The van der Waals surface area contributed by atoms with Gasteiger partial charge in [0.1, 0.15) is 12.2 Å². The molecule has 0 fully saturated rings. The van der Waals surface area contributed by atoms with E-state index in [-0.39, 0.29) is 29.6 Å². The third-order valence-corrected chi connectivity index (χ3v) is 4.09. The van der Waals surface area contributed by atoms with Crippen LogP contribution >= 0.6 is 24.0 Å². The van der Waals surface area contributed by atoms with E-state index in [2.05, 4.69) is 40.5 Å². The Labute approximate surface area is 177 Å². The average molecular weight is 482 g/mol. The van der Waals surface area contributed by atoms with Crippen LogP contribution in [0, 0.1) is 0 Å². The molecule has 0 aliphatic carbocycles. The number of hydrogen-bond donors (Lipinski definition) is 2. The second kappa shape index (κ2) is 9.77. The molecule has 0 atom stereocenters. The fraction of sp³-hybridized carbons (Fsp3) is 0.400. The van der Waals surface area contributed by atoms with Gasteiger partial charge in [-0.15, -0.1) is 24.0 Å². The summed E-state index contributed by atoms with van der Waals surface area (Å²) in [6, 6.07) is 11.9. The van der Waals surface area contributed by atoms with Gasteiger partial charge in [-0.1, -0.05) is 18.2 Å². The van der Waals surface area contributed by atoms with E-state index in [0.29, 0.717) is 19.7 Å². The lowest BCUT2D eigenvalue weighted by Gasteiger charge is -2.18. The van der Waals surface area contributed by atoms with Crippen molar-refractivity contribution >= 4 is 29.9 Å². The quantitative estimate of drug-likeness (QED) is 0.287. The Bertz CT molecular complexity index is 766. The van der Waals surface area contributed by atoms with Crippen LogP contribution in [0.5, 0.6) is 11.5 Å². The van der Waals surface area contributed by atoms with Gasteiger partial charge in [0, 0.05) is 25.2 Å². The summed E-state index contributed by atoms with van der Waals surface area (Å²) in [6.45, 7) is 5.96. The van der Waals surface area contributed by atoms with Gasteiger partial charge in [0.25, 0.3) is 0 Å². The van der Waals surface area contributed by atoms with Gasteiger partial charge >= 0.3 is 0 Å². The van der Waals surface area contributed by atoms with Crippen molar-refractivity contribution in [1.29, 1.82) is 0 Å². The van der Waals surface area contributed by atoms with Crippen LogP contribution in [0.15, 0.2) is 47.6 Å². The lowest BCUT2D eigenvalue weighted by Crippen LogP contribution is -2.39. The number of benzene rings is 1. The molecule has 6 nitrogen and oxygen atoms in total. The zero-order valence-electron chi connectivity index (χ0n) is 16.0. The summed E-state index contributed by atoms with van der Waals surface area (Å²) >= 11 is 0. The molecule has 1 aromatic heterocycles. The molecule has 7 heteroatoms. The molecule has 1 aromatic carbocycles. The molecular formula is C20H27IN4O2. The minimum Gasteiger partial charge on any atom is -0.488 e. The molecule has 2 aromatic rings. The van der Waals surface area contributed by atoms with E-state index >= 15 is 0 Å². The van der Waals surface area contributed by atoms with Gasteiger partial charge in [-0.3, -0.25) is 9.98 Å². The van der Waals surface area contributed by atoms with Crippen molar-refractivity contribution in [2.24, 2.45) is 4.99 Å². The minimum atomic E-state index is -0.169. The highest BCUT2D eigenvalue weighted by Crippen LogP contribution is 2.41. The lowest BCUT2D eigenvalue weighted by atomic mass is 10.0. The van der Waals surface area contributed by atoms with Gasteiger partial charge in [0.05, 0.1) is 18.8 Å². The number of nitrogens with one attached hydrogen (secondary N) is 2. The van der Waals surface area contributed by atoms with E-state index in [9.17, 15) is 0 Å². The number of pyridine rings is 1. The van der Waals surface area contributed by atoms with Gasteiger partial charge in [-0.2, -0.15) is 0 Å². The first-order valence-corrected chi connectivity index (χ1v) is 8.85. The highest BCUT2D eigenvalue weighted by molar-refractivity contribution is 14.0. The molecule has 0 saturated carbocycles. The molecule has 2 heterocycles. The topological polar surface area (TPSA) is 67.8 Å². The first-order chi connectivity index (χ1) is 12.6. The highest BCUT2D eigenvalue weighted by atomic mass is 127. The third-order valence-electron chi connectivity index (χ3n) is 4.09. The molecule has 146 valence electrons. The number of halogens is 1. The first-order valence-electron chi connectivity index (χ1n) is 8.85. The van der Waals surface area contributed by atoms with Gasteiger partial charge in [-0.05, 0) is 32.0 Å². The summed E-state index contributed by atoms with van der Waals surface area (Å²) in [7, 11) is 1.74. The van der Waals surface area contributed by atoms with Crippen LogP contribution < -0.4 is 20.1 Å². The number of guanidine groups is 1. The number of ether oxygens (including phenoxy) is 2. The summed E-state index contributed by atoms with van der Waals surface area (Å²) in [4.78, 5) is 8.49. The number of hydrogen-bond acceptors (Lipinski definition) is 4. The largest absolute Gasteiger partial charge is 0.488 e. The van der Waals surface area contributed by atoms with Crippen LogP contribution in [0.2, 0.25) is 0 Å². The first kappa shape index (κ1) is 21.3. The molecule has 1 aliphatic rings. The van der Waals surface area contributed by atoms with Gasteiger partial charge in [-0.25, -0.2) is 0 Å². The fourth-order valence-electron chi connectivity index (χ4n) is 2.93. The average Bonchev–Trinajstić information content (AvgIpc) is 2.96. The molecule has 3 rings (SSSR count). The Morgan fingerprint density at radius 1 is 1.22 bits per heavy atom. The number of para-hydroxylation sites is 1. The molecule has 0 saturated heterocycles. The molecule has 1 aliphatic heterocycles. The van der Waals surface area contributed by atoms with Crippen molar-refractivity contribution in [1.82, 2.24) is 15.6 Å². The standard InChI is InChI=1S/C20H26N4O2.HI/c1-20(2)13-15-7-6-9-17(18(15)26-20)25-12-11-23-19(21-3)24-14-16-8-4-5-10-22-16;/h4-10H,11-14H2,1-3H3,(H2,21,23,24);1H. The molecule has 2 N–H and O–H groups in total. The van der Waals surface area contributed by atoms with Gasteiger partial charge < -0.3 is 20.1 Å². The maximum atomic E-state index is 6.02. The lowest BCUT2D eigenvalue weighted by molar-refractivity contribution is 0.132. The van der Waals surface area contributed by atoms with Gasteiger partial charge in [0.2, 0.25) is 0 Å². The summed E-state index contributed by atoms with van der Waals surface area (Å²) in [5.74, 6) is 2.39. The summed E-state index contributed by atoms with van der Waals surface area (Å²) in [5, 5.41) is 6.47. The van der Waals surface area contributed by atoms with Crippen LogP contribution in [0.4, 0.5) is 0 Å². The Kier molecular flexibility index (Phi) is 7.70. The van der Waals surface area contributed by atoms with E-state index in [0.717, 1.165) is 29.6 Å². The van der Waals surface area contributed by atoms with Crippen molar-refractivity contribution in [2.45, 2.75) is 32.4 Å². The Balaban J connectivity index is 0.00000261. The fourth-order valence-corrected chi connectivity index (χ4v) is 2.93. The van der Waals surface area contributed by atoms with E-state index in [1.807, 2.05) is 30.3 Å². The number of aliphatic imine (C=N–C) groups is 1. The van der Waals surface area contributed by atoms with Crippen molar-refractivity contribution in [3.63, 3.8) is 0 Å². The third kappa shape index (κ3) is 5.98. The molecule has 0 radical (unpaired) electrons. The Morgan fingerprint density at radius 3 is 2.81 bits per heavy atom. The number of fused-ring (bicyclic) bond motifs is 1. The Hall–Kier alpha value is -2.03. The van der Waals surface area contributed by atoms with Gasteiger partial charge in [0.15, 0.2) is 17.5 Å². The van der Waals surface area contributed by atoms with E-state index in [1.54, 1.807) is 13.2 Å². The molecule has 0 bridgehead atoms. The van der Waals surface area contributed by atoms with Crippen molar-refractivity contribution < 1.29 is 9.47 Å². The molecule has 0 spiro atoms. The molecular weight excluding hydrogens is 455 g/mol. The van der Waals surface area contributed by atoms with E-state index in [1.165, 1.54) is 5.56 Å². The molecule has 27 heavy (non-hydrogen) atoms. The van der Waals surface area contributed by atoms with Crippen LogP contribution in [-0.4, -0.2) is 36.7 Å². The summed E-state index contributed by atoms with van der Waals surface area (Å²) < 4.78 is 11.9. The SMILES string of the molecule is CN=C(NCCOc1cccc2c1OC(C)(C)C2)NCc1ccccn1.I. The second-order valence-corrected chi connectivity index (χ2v) is 6.81. The predicted molar refractivity (Wildman–Crippen MR) is 118 cm³/mol. The summed E-state index contributed by atoms with van der Waals surface area (Å²) in [5.41, 5.74) is 2.00.